The van der Waals surface area contributed by atoms with E-state index in [-0.39, 0.29) is 10.6 Å². The zero-order valence-corrected chi connectivity index (χ0v) is 15.1. The molecule has 0 fully saturated rings. The van der Waals surface area contributed by atoms with E-state index in [2.05, 4.69) is 5.32 Å². The minimum Gasteiger partial charge on any atom is -0.455 e. The monoisotopic (exact) mass is 379 g/mol. The third-order valence-corrected chi connectivity index (χ3v) is 5.11. The van der Waals surface area contributed by atoms with Gasteiger partial charge in [-0.15, -0.1) is 11.8 Å². The number of benzene rings is 2. The Balaban J connectivity index is 1.79. The Morgan fingerprint density at radius 2 is 1.80 bits per heavy atom. The van der Waals surface area contributed by atoms with Gasteiger partial charge in [-0.05, 0) is 30.3 Å². The predicted octanol–water partition coefficient (Wildman–Crippen LogP) is 2.36. The van der Waals surface area contributed by atoms with Crippen molar-refractivity contribution in [1.82, 2.24) is 0 Å². The number of nitrogens with one attached hydrogen (secondary N) is 1. The highest BCUT2D eigenvalue weighted by Gasteiger charge is 2.11. The number of anilines is 1. The Hall–Kier alpha value is -2.32. The van der Waals surface area contributed by atoms with Crippen molar-refractivity contribution in [3.63, 3.8) is 0 Å². The minimum atomic E-state index is -3.36. The summed E-state index contributed by atoms with van der Waals surface area (Å²) in [4.78, 5) is 24.5. The highest BCUT2D eigenvalue weighted by molar-refractivity contribution is 8.00. The molecule has 6 nitrogen and oxygen atoms in total. The molecule has 2 aromatic rings. The second-order valence-corrected chi connectivity index (χ2v) is 8.18. The molecule has 8 heteroatoms. The molecule has 25 heavy (non-hydrogen) atoms. The van der Waals surface area contributed by atoms with Crippen LogP contribution in [0.15, 0.2) is 64.4 Å². The number of amides is 1. The van der Waals surface area contributed by atoms with Gasteiger partial charge < -0.3 is 10.1 Å². The molecule has 0 spiro atoms. The van der Waals surface area contributed by atoms with Crippen LogP contribution in [0.1, 0.15) is 0 Å². The van der Waals surface area contributed by atoms with Gasteiger partial charge in [0.15, 0.2) is 16.4 Å². The van der Waals surface area contributed by atoms with Crippen molar-refractivity contribution in [3.05, 3.63) is 54.6 Å². The normalized spacial score (nSPS) is 10.9. The summed E-state index contributed by atoms with van der Waals surface area (Å²) in [5.74, 6) is -0.946. The maximum absolute atomic E-state index is 11.8. The Morgan fingerprint density at radius 3 is 2.48 bits per heavy atom. The van der Waals surface area contributed by atoms with Gasteiger partial charge in [-0.3, -0.25) is 9.59 Å². The molecule has 1 N–H and O–H groups in total. The van der Waals surface area contributed by atoms with Crippen molar-refractivity contribution in [2.24, 2.45) is 0 Å². The van der Waals surface area contributed by atoms with Crippen LogP contribution in [0.4, 0.5) is 5.69 Å². The fourth-order valence-corrected chi connectivity index (χ4v) is 3.23. The number of sulfone groups is 1. The number of hydrogen-bond acceptors (Lipinski definition) is 6. The standard InChI is InChI=1S/C17H17NO5S2/c1-25(21,22)15-9-5-6-13(10-15)18-16(19)11-23-17(20)12-24-14-7-3-2-4-8-14/h2-10H,11-12H2,1H3,(H,18,19). The summed E-state index contributed by atoms with van der Waals surface area (Å²) in [6, 6.07) is 15.2. The number of ether oxygens (including phenoxy) is 1. The van der Waals surface area contributed by atoms with Gasteiger partial charge in [-0.1, -0.05) is 24.3 Å². The molecular formula is C17H17NO5S2. The van der Waals surface area contributed by atoms with Gasteiger partial charge in [0.05, 0.1) is 10.6 Å². The Morgan fingerprint density at radius 1 is 1.08 bits per heavy atom. The van der Waals surface area contributed by atoms with Crippen molar-refractivity contribution < 1.29 is 22.7 Å². The first-order valence-corrected chi connectivity index (χ1v) is 10.2. The molecule has 0 aliphatic rings. The lowest BCUT2D eigenvalue weighted by Crippen LogP contribution is -2.21. The van der Waals surface area contributed by atoms with Crippen molar-refractivity contribution in [3.8, 4) is 0 Å². The molecule has 0 atom stereocenters. The molecule has 2 aromatic carbocycles. The predicted molar refractivity (Wildman–Crippen MR) is 96.3 cm³/mol. The van der Waals surface area contributed by atoms with Crippen molar-refractivity contribution in [2.75, 3.05) is 23.9 Å². The summed E-state index contributed by atoms with van der Waals surface area (Å²) in [6.07, 6.45) is 1.08. The van der Waals surface area contributed by atoms with Crippen LogP contribution >= 0.6 is 11.8 Å². The lowest BCUT2D eigenvalue weighted by Gasteiger charge is -2.08. The van der Waals surface area contributed by atoms with Crippen LogP contribution in [0.3, 0.4) is 0 Å². The second kappa shape index (κ2) is 8.68. The lowest BCUT2D eigenvalue weighted by atomic mass is 10.3. The largest absolute Gasteiger partial charge is 0.455 e. The molecule has 0 unspecified atom stereocenters. The van der Waals surface area contributed by atoms with Crippen molar-refractivity contribution in [1.29, 1.82) is 0 Å². The SMILES string of the molecule is CS(=O)(=O)c1cccc(NC(=O)COC(=O)CSc2ccccc2)c1. The van der Waals surface area contributed by atoms with Crippen LogP contribution in [0.5, 0.6) is 0 Å². The van der Waals surface area contributed by atoms with Gasteiger partial charge in [0.25, 0.3) is 5.91 Å². The van der Waals surface area contributed by atoms with Crippen molar-refractivity contribution in [2.45, 2.75) is 9.79 Å². The van der Waals surface area contributed by atoms with Crippen LogP contribution < -0.4 is 5.32 Å². The summed E-state index contributed by atoms with van der Waals surface area (Å²) >= 11 is 1.32. The van der Waals surface area contributed by atoms with E-state index in [4.69, 9.17) is 4.74 Å². The molecule has 1 amide bonds. The van der Waals surface area contributed by atoms with E-state index >= 15 is 0 Å². The quantitative estimate of drug-likeness (QED) is 0.587. The average molecular weight is 379 g/mol. The van der Waals surface area contributed by atoms with Gasteiger partial charge in [-0.2, -0.15) is 0 Å². The summed E-state index contributed by atoms with van der Waals surface area (Å²) in [5, 5.41) is 2.50. The van der Waals surface area contributed by atoms with Gasteiger partial charge in [0, 0.05) is 16.8 Å². The molecule has 0 aliphatic carbocycles. The van der Waals surface area contributed by atoms with Gasteiger partial charge in [0.1, 0.15) is 0 Å². The topological polar surface area (TPSA) is 89.5 Å². The third-order valence-electron chi connectivity index (χ3n) is 3.01. The molecule has 0 bridgehead atoms. The highest BCUT2D eigenvalue weighted by atomic mass is 32.2. The maximum Gasteiger partial charge on any atom is 0.316 e. The Kier molecular flexibility index (Phi) is 6.60. The van der Waals surface area contributed by atoms with Crippen LogP contribution in [0.25, 0.3) is 0 Å². The highest BCUT2D eigenvalue weighted by Crippen LogP contribution is 2.17. The molecule has 0 aliphatic heterocycles. The number of hydrogen-bond donors (Lipinski definition) is 1. The van der Waals surface area contributed by atoms with Gasteiger partial charge in [0.2, 0.25) is 0 Å². The van der Waals surface area contributed by atoms with E-state index in [1.807, 2.05) is 30.3 Å². The average Bonchev–Trinajstić information content (AvgIpc) is 2.58. The minimum absolute atomic E-state index is 0.0981. The Labute approximate surface area is 150 Å². The summed E-state index contributed by atoms with van der Waals surface area (Å²) in [7, 11) is -3.36. The second-order valence-electron chi connectivity index (χ2n) is 5.11. The van der Waals surface area contributed by atoms with E-state index in [0.717, 1.165) is 11.2 Å². The fourth-order valence-electron chi connectivity index (χ4n) is 1.85. The first kappa shape index (κ1) is 19.0. The lowest BCUT2D eigenvalue weighted by molar-refractivity contribution is -0.144. The first-order chi connectivity index (χ1) is 11.8. The van der Waals surface area contributed by atoms with E-state index in [0.29, 0.717) is 5.69 Å². The zero-order chi connectivity index (χ0) is 18.3. The number of esters is 1. The number of carbonyl (C=O) groups excluding carboxylic acids is 2. The summed E-state index contributed by atoms with van der Waals surface area (Å²) < 4.78 is 27.9. The Bertz CT molecular complexity index is 850. The number of rotatable bonds is 7. The molecule has 0 aromatic heterocycles. The summed E-state index contributed by atoms with van der Waals surface area (Å²) in [5.41, 5.74) is 0.322. The van der Waals surface area contributed by atoms with Gasteiger partial charge >= 0.3 is 5.97 Å². The molecule has 0 heterocycles. The molecule has 0 radical (unpaired) electrons. The van der Waals surface area contributed by atoms with Crippen LogP contribution in [-0.4, -0.2) is 38.9 Å². The van der Waals surface area contributed by atoms with Gasteiger partial charge in [-0.25, -0.2) is 8.42 Å². The van der Waals surface area contributed by atoms with Crippen LogP contribution in [0, 0.1) is 0 Å². The third kappa shape index (κ3) is 6.60. The molecule has 132 valence electrons. The molecular weight excluding hydrogens is 362 g/mol. The van der Waals surface area contributed by atoms with E-state index < -0.39 is 28.3 Å². The first-order valence-electron chi connectivity index (χ1n) is 7.28. The smallest absolute Gasteiger partial charge is 0.316 e. The number of carbonyl (C=O) groups is 2. The molecule has 2 rings (SSSR count). The maximum atomic E-state index is 11.8. The fraction of sp³-hybridized carbons (Fsp3) is 0.176. The van der Waals surface area contributed by atoms with E-state index in [1.54, 1.807) is 6.07 Å². The van der Waals surface area contributed by atoms with Crippen molar-refractivity contribution >= 4 is 39.2 Å². The van der Waals surface area contributed by atoms with E-state index in [1.165, 1.54) is 30.0 Å². The zero-order valence-electron chi connectivity index (χ0n) is 13.5. The van der Waals surface area contributed by atoms with Crippen LogP contribution in [0.2, 0.25) is 0 Å². The molecule has 0 saturated heterocycles. The number of thioether (sulfide) groups is 1. The summed E-state index contributed by atoms with van der Waals surface area (Å²) in [6.45, 7) is -0.433. The molecule has 0 saturated carbocycles. The van der Waals surface area contributed by atoms with E-state index in [9.17, 15) is 18.0 Å². The van der Waals surface area contributed by atoms with Crippen LogP contribution in [-0.2, 0) is 24.2 Å².